The van der Waals surface area contributed by atoms with Crippen LogP contribution in [0.15, 0.2) is 34.9 Å². The Hall–Kier alpha value is -2.56. The monoisotopic (exact) mass is 272 g/mol. The molecule has 104 valence electrons. The number of hydrazine groups is 1. The van der Waals surface area contributed by atoms with Gasteiger partial charge in [-0.2, -0.15) is 0 Å². The molecule has 5 heteroatoms. The summed E-state index contributed by atoms with van der Waals surface area (Å²) in [6, 6.07) is 6.91. The van der Waals surface area contributed by atoms with Gasteiger partial charge in [-0.3, -0.25) is 20.4 Å². The van der Waals surface area contributed by atoms with Crippen molar-refractivity contribution in [1.29, 1.82) is 0 Å². The second-order valence-corrected chi connectivity index (χ2v) is 4.60. The van der Waals surface area contributed by atoms with Crippen LogP contribution in [0.1, 0.15) is 37.6 Å². The number of hydrogen-bond donors (Lipinski definition) is 2. The minimum atomic E-state index is -0.409. The van der Waals surface area contributed by atoms with Crippen molar-refractivity contribution >= 4 is 11.8 Å². The van der Waals surface area contributed by atoms with Gasteiger partial charge < -0.3 is 4.42 Å². The summed E-state index contributed by atoms with van der Waals surface area (Å²) < 4.78 is 5.03. The first-order valence-corrected chi connectivity index (χ1v) is 6.21. The van der Waals surface area contributed by atoms with Gasteiger partial charge in [0.05, 0.1) is 11.8 Å². The molecule has 0 saturated heterocycles. The van der Waals surface area contributed by atoms with E-state index in [1.54, 1.807) is 25.1 Å². The molecular weight excluding hydrogens is 256 g/mol. The Morgan fingerprint density at radius 3 is 2.25 bits per heavy atom. The molecule has 5 nitrogen and oxygen atoms in total. The summed E-state index contributed by atoms with van der Waals surface area (Å²) in [4.78, 5) is 23.7. The van der Waals surface area contributed by atoms with Crippen molar-refractivity contribution in [3.8, 4) is 0 Å². The van der Waals surface area contributed by atoms with Gasteiger partial charge in [0.1, 0.15) is 5.76 Å². The Labute approximate surface area is 117 Å². The number of nitrogens with one attached hydrogen (secondary N) is 2. The fourth-order valence-electron chi connectivity index (χ4n) is 1.76. The molecule has 0 fully saturated rings. The van der Waals surface area contributed by atoms with E-state index >= 15 is 0 Å². The van der Waals surface area contributed by atoms with Gasteiger partial charge in [-0.15, -0.1) is 0 Å². The molecule has 0 bridgehead atoms. The van der Waals surface area contributed by atoms with Crippen molar-refractivity contribution in [3.05, 3.63) is 58.5 Å². The van der Waals surface area contributed by atoms with E-state index in [0.717, 1.165) is 11.1 Å². The average molecular weight is 272 g/mol. The zero-order valence-corrected chi connectivity index (χ0v) is 11.6. The van der Waals surface area contributed by atoms with Crippen molar-refractivity contribution < 1.29 is 14.0 Å². The van der Waals surface area contributed by atoms with Crippen molar-refractivity contribution in [3.63, 3.8) is 0 Å². The highest BCUT2D eigenvalue weighted by Crippen LogP contribution is 2.10. The van der Waals surface area contributed by atoms with E-state index in [0.29, 0.717) is 16.9 Å². The molecule has 20 heavy (non-hydrogen) atoms. The van der Waals surface area contributed by atoms with Crippen molar-refractivity contribution in [1.82, 2.24) is 10.9 Å². The molecule has 1 aromatic heterocycles. The van der Waals surface area contributed by atoms with Crippen LogP contribution >= 0.6 is 0 Å². The van der Waals surface area contributed by atoms with Crippen LogP contribution in [0.4, 0.5) is 0 Å². The van der Waals surface area contributed by atoms with Crippen LogP contribution in [0.3, 0.4) is 0 Å². The fraction of sp³-hybridized carbons (Fsp3) is 0.200. The summed E-state index contributed by atoms with van der Waals surface area (Å²) >= 11 is 0. The molecule has 0 atom stereocenters. The number of amides is 2. The molecule has 2 N–H and O–H groups in total. The topological polar surface area (TPSA) is 71.3 Å². The summed E-state index contributed by atoms with van der Waals surface area (Å²) in [5.41, 5.74) is 7.77. The molecular formula is C15H16N2O3. The largest absolute Gasteiger partial charge is 0.469 e. The van der Waals surface area contributed by atoms with Gasteiger partial charge in [-0.25, -0.2) is 0 Å². The third-order valence-electron chi connectivity index (χ3n) is 3.16. The molecule has 2 rings (SSSR count). The van der Waals surface area contributed by atoms with Gasteiger partial charge in [0, 0.05) is 5.56 Å². The van der Waals surface area contributed by atoms with Crippen molar-refractivity contribution in [2.75, 3.05) is 0 Å². The van der Waals surface area contributed by atoms with Crippen LogP contribution < -0.4 is 10.9 Å². The minimum Gasteiger partial charge on any atom is -0.469 e. The van der Waals surface area contributed by atoms with Gasteiger partial charge >= 0.3 is 0 Å². The minimum absolute atomic E-state index is 0.359. The number of hydrogen-bond acceptors (Lipinski definition) is 3. The van der Waals surface area contributed by atoms with E-state index in [2.05, 4.69) is 10.9 Å². The molecule has 0 spiro atoms. The van der Waals surface area contributed by atoms with E-state index in [9.17, 15) is 9.59 Å². The highest BCUT2D eigenvalue weighted by Gasteiger charge is 2.13. The second-order valence-electron chi connectivity index (χ2n) is 4.60. The molecule has 1 heterocycles. The lowest BCUT2D eigenvalue weighted by Gasteiger charge is -2.08. The van der Waals surface area contributed by atoms with Crippen LogP contribution in [-0.2, 0) is 0 Å². The predicted octanol–water partition coefficient (Wildman–Crippen LogP) is 2.28. The summed E-state index contributed by atoms with van der Waals surface area (Å²) in [6.07, 6.45) is 1.43. The van der Waals surface area contributed by atoms with Crippen LogP contribution in [0.5, 0.6) is 0 Å². The van der Waals surface area contributed by atoms with Crippen LogP contribution in [-0.4, -0.2) is 11.8 Å². The van der Waals surface area contributed by atoms with E-state index < -0.39 is 5.91 Å². The molecule has 2 aromatic rings. The average Bonchev–Trinajstić information content (AvgIpc) is 2.85. The van der Waals surface area contributed by atoms with Crippen LogP contribution in [0, 0.1) is 20.8 Å². The Balaban J connectivity index is 2.00. The number of benzene rings is 1. The molecule has 0 aliphatic rings. The smallest absolute Gasteiger partial charge is 0.273 e. The number of rotatable bonds is 2. The molecule has 2 amide bonds. The Kier molecular flexibility index (Phi) is 3.89. The van der Waals surface area contributed by atoms with E-state index in [-0.39, 0.29) is 5.91 Å². The lowest BCUT2D eigenvalue weighted by Crippen LogP contribution is -2.41. The van der Waals surface area contributed by atoms with Gasteiger partial charge in [-0.05, 0) is 50.1 Å². The van der Waals surface area contributed by atoms with Crippen molar-refractivity contribution in [2.24, 2.45) is 0 Å². The molecule has 0 radical (unpaired) electrons. The molecule has 0 saturated carbocycles. The third-order valence-corrected chi connectivity index (χ3v) is 3.16. The van der Waals surface area contributed by atoms with Gasteiger partial charge in [0.15, 0.2) is 0 Å². The first-order valence-electron chi connectivity index (χ1n) is 6.21. The van der Waals surface area contributed by atoms with Gasteiger partial charge in [-0.1, -0.05) is 6.07 Å². The third kappa shape index (κ3) is 2.88. The standard InChI is InChI=1S/C15H16N2O3/c1-9-4-5-12(8-10(9)2)14(18)16-17-15(19)13-6-7-20-11(13)3/h4-8H,1-3H3,(H,16,18)(H,17,19). The quantitative estimate of drug-likeness (QED) is 0.824. The van der Waals surface area contributed by atoms with Gasteiger partial charge in [0.2, 0.25) is 0 Å². The summed E-state index contributed by atoms with van der Waals surface area (Å²) in [7, 11) is 0. The number of carbonyl (C=O) groups excluding carboxylic acids is 2. The first kappa shape index (κ1) is 13.9. The second kappa shape index (κ2) is 5.61. The molecule has 1 aromatic carbocycles. The molecule has 0 unspecified atom stereocenters. The number of carbonyl (C=O) groups is 2. The molecule has 0 aliphatic heterocycles. The van der Waals surface area contributed by atoms with Gasteiger partial charge in [0.25, 0.3) is 11.8 Å². The summed E-state index contributed by atoms with van der Waals surface area (Å²) in [5, 5.41) is 0. The summed E-state index contributed by atoms with van der Waals surface area (Å²) in [5.74, 6) is -0.265. The van der Waals surface area contributed by atoms with Crippen LogP contribution in [0.25, 0.3) is 0 Å². The van der Waals surface area contributed by atoms with Crippen molar-refractivity contribution in [2.45, 2.75) is 20.8 Å². The molecule has 0 aliphatic carbocycles. The number of aryl methyl sites for hydroxylation is 3. The number of furan rings is 1. The lowest BCUT2D eigenvalue weighted by atomic mass is 10.1. The fourth-order valence-corrected chi connectivity index (χ4v) is 1.76. The highest BCUT2D eigenvalue weighted by atomic mass is 16.3. The van der Waals surface area contributed by atoms with E-state index in [1.807, 2.05) is 19.9 Å². The van der Waals surface area contributed by atoms with E-state index in [1.165, 1.54) is 6.26 Å². The summed E-state index contributed by atoms with van der Waals surface area (Å²) in [6.45, 7) is 5.58. The first-order chi connectivity index (χ1) is 9.49. The maximum absolute atomic E-state index is 11.9. The Bertz CT molecular complexity index is 659. The van der Waals surface area contributed by atoms with E-state index in [4.69, 9.17) is 4.42 Å². The zero-order valence-electron chi connectivity index (χ0n) is 11.6. The van der Waals surface area contributed by atoms with Crippen LogP contribution in [0.2, 0.25) is 0 Å². The maximum atomic E-state index is 11.9. The highest BCUT2D eigenvalue weighted by molar-refractivity contribution is 5.99. The Morgan fingerprint density at radius 1 is 0.950 bits per heavy atom. The predicted molar refractivity (Wildman–Crippen MR) is 74.3 cm³/mol. The SMILES string of the molecule is Cc1ccc(C(=O)NNC(=O)c2ccoc2C)cc1C. The normalized spacial score (nSPS) is 10.2. The Morgan fingerprint density at radius 2 is 1.65 bits per heavy atom. The maximum Gasteiger partial charge on any atom is 0.273 e. The lowest BCUT2D eigenvalue weighted by molar-refractivity contribution is 0.0845. The zero-order chi connectivity index (χ0) is 14.7.